The van der Waals surface area contributed by atoms with E-state index in [-0.39, 0.29) is 0 Å². The third kappa shape index (κ3) is 2.20. The lowest BCUT2D eigenvalue weighted by atomic mass is 9.88. The zero-order chi connectivity index (χ0) is 13.3. The molecule has 0 heterocycles. The van der Waals surface area contributed by atoms with Crippen molar-refractivity contribution in [1.29, 1.82) is 0 Å². The van der Waals surface area contributed by atoms with Gasteiger partial charge in [-0.2, -0.15) is 0 Å². The molecule has 0 saturated carbocycles. The van der Waals surface area contributed by atoms with Crippen LogP contribution in [-0.2, 0) is 0 Å². The molecule has 0 heteroatoms. The average Bonchev–Trinajstić information content (AvgIpc) is 2.30. The highest BCUT2D eigenvalue weighted by Crippen LogP contribution is 2.33. The molecule has 0 aliphatic heterocycles. The summed E-state index contributed by atoms with van der Waals surface area (Å²) in [6, 6.07) is 13.2. The molecule has 0 amide bonds. The molecule has 2 rings (SSSR count). The first-order valence-electron chi connectivity index (χ1n) is 6.68. The molecule has 0 bridgehead atoms. The fourth-order valence-electron chi connectivity index (χ4n) is 2.79. The van der Waals surface area contributed by atoms with Crippen LogP contribution >= 0.6 is 0 Å². The van der Waals surface area contributed by atoms with Gasteiger partial charge in [0.2, 0.25) is 0 Å². The van der Waals surface area contributed by atoms with Crippen LogP contribution < -0.4 is 0 Å². The van der Waals surface area contributed by atoms with Gasteiger partial charge < -0.3 is 0 Å². The number of rotatable bonds is 2. The molecule has 2 aromatic carbocycles. The summed E-state index contributed by atoms with van der Waals surface area (Å²) in [6.45, 7) is 11.2. The Bertz CT molecular complexity index is 542. The van der Waals surface area contributed by atoms with Crippen molar-refractivity contribution in [2.75, 3.05) is 0 Å². The van der Waals surface area contributed by atoms with E-state index < -0.39 is 0 Å². The Hall–Kier alpha value is -1.56. The van der Waals surface area contributed by atoms with E-state index in [1.165, 1.54) is 33.4 Å². The van der Waals surface area contributed by atoms with Crippen LogP contribution in [0.25, 0.3) is 11.1 Å². The Labute approximate surface area is 111 Å². The molecule has 0 radical (unpaired) electrons. The molecule has 18 heavy (non-hydrogen) atoms. The summed E-state index contributed by atoms with van der Waals surface area (Å²) in [5, 5.41) is 0. The van der Waals surface area contributed by atoms with Crippen molar-refractivity contribution in [3.8, 4) is 11.1 Å². The third-order valence-corrected chi connectivity index (χ3v) is 3.75. The van der Waals surface area contributed by atoms with Gasteiger partial charge in [0.1, 0.15) is 0 Å². The summed E-state index contributed by atoms with van der Waals surface area (Å²) in [5.74, 6) is 0.578. The van der Waals surface area contributed by atoms with Crippen molar-refractivity contribution in [3.05, 3.63) is 58.7 Å². The average molecular weight is 238 g/mol. The number of hydrogen-bond donors (Lipinski definition) is 0. The third-order valence-electron chi connectivity index (χ3n) is 3.75. The molecule has 0 unspecified atom stereocenters. The minimum Gasteiger partial charge on any atom is -0.0617 e. The maximum Gasteiger partial charge on any atom is -0.0123 e. The summed E-state index contributed by atoms with van der Waals surface area (Å²) in [6.07, 6.45) is 0. The standard InChI is InChI=1S/C18H22/c1-12(2)16-10-7-11-17(15(16)5)18-13(3)8-6-9-14(18)4/h6-12H,1-5H3. The highest BCUT2D eigenvalue weighted by molar-refractivity contribution is 5.74. The Kier molecular flexibility index (Phi) is 3.56. The van der Waals surface area contributed by atoms with Crippen molar-refractivity contribution >= 4 is 0 Å². The zero-order valence-electron chi connectivity index (χ0n) is 12.0. The first kappa shape index (κ1) is 12.9. The van der Waals surface area contributed by atoms with Crippen LogP contribution in [0, 0.1) is 20.8 Å². The van der Waals surface area contributed by atoms with E-state index in [0.29, 0.717) is 5.92 Å². The lowest BCUT2D eigenvalue weighted by molar-refractivity contribution is 0.857. The SMILES string of the molecule is Cc1cccc(C)c1-c1cccc(C(C)C)c1C. The van der Waals surface area contributed by atoms with Gasteiger partial charge in [0, 0.05) is 0 Å². The first-order chi connectivity index (χ1) is 8.52. The first-order valence-corrected chi connectivity index (χ1v) is 6.68. The van der Waals surface area contributed by atoms with E-state index in [2.05, 4.69) is 71.0 Å². The Morgan fingerprint density at radius 2 is 1.33 bits per heavy atom. The largest absolute Gasteiger partial charge is 0.0617 e. The van der Waals surface area contributed by atoms with Gasteiger partial charge in [-0.15, -0.1) is 0 Å². The predicted octanol–water partition coefficient (Wildman–Crippen LogP) is 5.40. The smallest absolute Gasteiger partial charge is 0.0123 e. The van der Waals surface area contributed by atoms with E-state index >= 15 is 0 Å². The number of hydrogen-bond acceptors (Lipinski definition) is 0. The van der Waals surface area contributed by atoms with Crippen LogP contribution in [0.5, 0.6) is 0 Å². The van der Waals surface area contributed by atoms with Crippen molar-refractivity contribution in [1.82, 2.24) is 0 Å². The van der Waals surface area contributed by atoms with E-state index in [9.17, 15) is 0 Å². The molecule has 0 aliphatic carbocycles. The second kappa shape index (κ2) is 4.97. The molecule has 0 fully saturated rings. The maximum absolute atomic E-state index is 2.26. The summed E-state index contributed by atoms with van der Waals surface area (Å²) in [5.41, 5.74) is 8.38. The quantitative estimate of drug-likeness (QED) is 0.657. The van der Waals surface area contributed by atoms with Crippen LogP contribution in [0.15, 0.2) is 36.4 Å². The normalized spacial score (nSPS) is 11.0. The molecular weight excluding hydrogens is 216 g/mol. The molecule has 0 aromatic heterocycles. The van der Waals surface area contributed by atoms with Crippen molar-refractivity contribution in [3.63, 3.8) is 0 Å². The van der Waals surface area contributed by atoms with Crippen LogP contribution in [0.4, 0.5) is 0 Å². The van der Waals surface area contributed by atoms with Crippen molar-refractivity contribution in [2.24, 2.45) is 0 Å². The van der Waals surface area contributed by atoms with Crippen LogP contribution in [0.2, 0.25) is 0 Å². The van der Waals surface area contributed by atoms with Gasteiger partial charge in [0.15, 0.2) is 0 Å². The summed E-state index contributed by atoms with van der Waals surface area (Å²) < 4.78 is 0. The highest BCUT2D eigenvalue weighted by Gasteiger charge is 2.11. The molecule has 0 nitrogen and oxygen atoms in total. The topological polar surface area (TPSA) is 0 Å². The zero-order valence-corrected chi connectivity index (χ0v) is 12.0. The fourth-order valence-corrected chi connectivity index (χ4v) is 2.79. The maximum atomic E-state index is 2.26. The van der Waals surface area contributed by atoms with Gasteiger partial charge in [-0.1, -0.05) is 50.2 Å². The second-order valence-electron chi connectivity index (χ2n) is 5.44. The monoisotopic (exact) mass is 238 g/mol. The minimum atomic E-state index is 0.578. The lowest BCUT2D eigenvalue weighted by Crippen LogP contribution is -1.96. The summed E-state index contributed by atoms with van der Waals surface area (Å²) >= 11 is 0. The van der Waals surface area contributed by atoms with Crippen molar-refractivity contribution in [2.45, 2.75) is 40.5 Å². The van der Waals surface area contributed by atoms with Gasteiger partial charge >= 0.3 is 0 Å². The Morgan fingerprint density at radius 3 is 1.89 bits per heavy atom. The van der Waals surface area contributed by atoms with Crippen LogP contribution in [-0.4, -0.2) is 0 Å². The van der Waals surface area contributed by atoms with Gasteiger partial charge in [0.05, 0.1) is 0 Å². The molecule has 0 aliphatic rings. The van der Waals surface area contributed by atoms with E-state index in [1.54, 1.807) is 0 Å². The molecule has 0 atom stereocenters. The molecule has 0 N–H and O–H groups in total. The Morgan fingerprint density at radius 1 is 0.778 bits per heavy atom. The van der Waals surface area contributed by atoms with E-state index in [0.717, 1.165) is 0 Å². The van der Waals surface area contributed by atoms with Crippen LogP contribution in [0.3, 0.4) is 0 Å². The van der Waals surface area contributed by atoms with Gasteiger partial charge in [-0.05, 0) is 60.1 Å². The second-order valence-corrected chi connectivity index (χ2v) is 5.44. The predicted molar refractivity (Wildman–Crippen MR) is 80.2 cm³/mol. The highest BCUT2D eigenvalue weighted by atomic mass is 14.2. The molecule has 2 aromatic rings. The van der Waals surface area contributed by atoms with Gasteiger partial charge in [0.25, 0.3) is 0 Å². The summed E-state index contributed by atoms with van der Waals surface area (Å²) in [7, 11) is 0. The van der Waals surface area contributed by atoms with E-state index in [1.807, 2.05) is 0 Å². The van der Waals surface area contributed by atoms with Crippen LogP contribution in [0.1, 0.15) is 42.0 Å². The molecule has 94 valence electrons. The lowest BCUT2D eigenvalue weighted by Gasteiger charge is -2.17. The molecule has 0 spiro atoms. The Balaban J connectivity index is 2.69. The fraction of sp³-hybridized carbons (Fsp3) is 0.333. The van der Waals surface area contributed by atoms with Gasteiger partial charge in [-0.3, -0.25) is 0 Å². The summed E-state index contributed by atoms with van der Waals surface area (Å²) in [4.78, 5) is 0. The van der Waals surface area contributed by atoms with Gasteiger partial charge in [-0.25, -0.2) is 0 Å². The number of benzene rings is 2. The van der Waals surface area contributed by atoms with E-state index in [4.69, 9.17) is 0 Å². The molecular formula is C18H22. The molecule has 0 saturated heterocycles. The number of aryl methyl sites for hydroxylation is 2. The minimum absolute atomic E-state index is 0.578. The van der Waals surface area contributed by atoms with Crippen molar-refractivity contribution < 1.29 is 0 Å².